The number of rotatable bonds is 2. The van der Waals surface area contributed by atoms with Gasteiger partial charge in [0, 0.05) is 6.04 Å². The molecule has 0 radical (unpaired) electrons. The number of hydrogen-bond acceptors (Lipinski definition) is 4. The summed E-state index contributed by atoms with van der Waals surface area (Å²) in [6, 6.07) is 0.0231. The third-order valence-electron chi connectivity index (χ3n) is 2.37. The Morgan fingerprint density at radius 2 is 2.50 bits per heavy atom. The maximum absolute atomic E-state index is 11.7. The van der Waals surface area contributed by atoms with E-state index in [1.807, 2.05) is 6.92 Å². The molecule has 1 aromatic heterocycles. The highest BCUT2D eigenvalue weighted by Crippen LogP contribution is 2.14. The van der Waals surface area contributed by atoms with Crippen LogP contribution in [0.3, 0.4) is 0 Å². The molecular formula is C10H13N3O3. The van der Waals surface area contributed by atoms with Crippen LogP contribution in [0.1, 0.15) is 34.7 Å². The molecule has 1 atom stereocenters. The molecule has 1 amide bonds. The van der Waals surface area contributed by atoms with Crippen LogP contribution in [-0.2, 0) is 11.3 Å². The molecule has 2 heterocycles. The lowest BCUT2D eigenvalue weighted by molar-refractivity contribution is 0.0521. The minimum absolute atomic E-state index is 0.0231. The van der Waals surface area contributed by atoms with Gasteiger partial charge in [-0.3, -0.25) is 9.48 Å². The van der Waals surface area contributed by atoms with Crippen molar-refractivity contribution in [3.8, 4) is 0 Å². The summed E-state index contributed by atoms with van der Waals surface area (Å²) in [4.78, 5) is 23.3. The number of aromatic nitrogens is 2. The Kier molecular flexibility index (Phi) is 2.64. The van der Waals surface area contributed by atoms with Gasteiger partial charge in [0.25, 0.3) is 5.91 Å². The van der Waals surface area contributed by atoms with E-state index in [-0.39, 0.29) is 29.8 Å². The number of nitrogens with zero attached hydrogens (tertiary/aromatic N) is 2. The molecule has 1 aromatic rings. The van der Waals surface area contributed by atoms with Crippen molar-refractivity contribution in [1.29, 1.82) is 0 Å². The zero-order valence-corrected chi connectivity index (χ0v) is 9.19. The summed E-state index contributed by atoms with van der Waals surface area (Å²) in [7, 11) is 0. The van der Waals surface area contributed by atoms with Gasteiger partial charge in [-0.2, -0.15) is 5.10 Å². The van der Waals surface area contributed by atoms with E-state index in [9.17, 15) is 9.59 Å². The predicted molar refractivity (Wildman–Crippen MR) is 55.1 cm³/mol. The van der Waals surface area contributed by atoms with Gasteiger partial charge in [0.15, 0.2) is 0 Å². The topological polar surface area (TPSA) is 73.2 Å². The Morgan fingerprint density at radius 1 is 1.75 bits per heavy atom. The Morgan fingerprint density at radius 3 is 3.19 bits per heavy atom. The average molecular weight is 223 g/mol. The molecule has 6 heteroatoms. The molecule has 0 bridgehead atoms. The number of carbonyl (C=O) groups is 2. The van der Waals surface area contributed by atoms with Gasteiger partial charge in [-0.05, 0) is 13.8 Å². The zero-order chi connectivity index (χ0) is 11.7. The normalized spacial score (nSPS) is 18.9. The van der Waals surface area contributed by atoms with Crippen LogP contribution in [0.4, 0.5) is 0 Å². The number of hydrogen-bond donors (Lipinski definition) is 1. The summed E-state index contributed by atoms with van der Waals surface area (Å²) in [6.45, 7) is 4.45. The maximum atomic E-state index is 11.7. The lowest BCUT2D eigenvalue weighted by Crippen LogP contribution is -2.43. The molecule has 0 aromatic carbocycles. The monoisotopic (exact) mass is 223 g/mol. The van der Waals surface area contributed by atoms with Gasteiger partial charge in [0.05, 0.1) is 19.3 Å². The summed E-state index contributed by atoms with van der Waals surface area (Å²) in [5, 5.41) is 6.77. The lowest BCUT2D eigenvalue weighted by Gasteiger charge is -2.21. The summed E-state index contributed by atoms with van der Waals surface area (Å²) < 4.78 is 6.39. The number of fused-ring (bicyclic) bond motifs is 1. The first-order valence-electron chi connectivity index (χ1n) is 5.17. The highest BCUT2D eigenvalue weighted by Gasteiger charge is 2.29. The van der Waals surface area contributed by atoms with Crippen LogP contribution < -0.4 is 5.32 Å². The van der Waals surface area contributed by atoms with Crippen LogP contribution in [0, 0.1) is 0 Å². The van der Waals surface area contributed by atoms with Gasteiger partial charge in [-0.25, -0.2) is 4.79 Å². The van der Waals surface area contributed by atoms with Gasteiger partial charge in [0.1, 0.15) is 11.3 Å². The molecule has 0 saturated heterocycles. The molecule has 0 spiro atoms. The first-order valence-corrected chi connectivity index (χ1v) is 5.17. The van der Waals surface area contributed by atoms with E-state index in [0.29, 0.717) is 6.54 Å². The van der Waals surface area contributed by atoms with E-state index in [1.165, 1.54) is 10.9 Å². The number of nitrogens with one attached hydrogen (secondary N) is 1. The Bertz CT molecular complexity index is 439. The van der Waals surface area contributed by atoms with Crippen LogP contribution in [0.25, 0.3) is 0 Å². The second-order valence-corrected chi connectivity index (χ2v) is 3.68. The van der Waals surface area contributed by atoms with E-state index < -0.39 is 5.97 Å². The molecule has 86 valence electrons. The highest BCUT2D eigenvalue weighted by molar-refractivity contribution is 6.04. The quantitative estimate of drug-likeness (QED) is 0.726. The van der Waals surface area contributed by atoms with Gasteiger partial charge in [-0.15, -0.1) is 0 Å². The fourth-order valence-electron chi connectivity index (χ4n) is 1.72. The third kappa shape index (κ3) is 1.66. The van der Waals surface area contributed by atoms with Crippen molar-refractivity contribution >= 4 is 11.9 Å². The SMILES string of the molecule is CCOC(=O)c1cnn2c1C(=O)N[C@@H](C)C2. The third-order valence-corrected chi connectivity index (χ3v) is 2.37. The second kappa shape index (κ2) is 3.96. The lowest BCUT2D eigenvalue weighted by atomic mass is 10.2. The van der Waals surface area contributed by atoms with Gasteiger partial charge >= 0.3 is 5.97 Å². The first-order chi connectivity index (χ1) is 7.63. The molecule has 0 fully saturated rings. The first kappa shape index (κ1) is 10.7. The number of ether oxygens (including phenoxy) is 1. The summed E-state index contributed by atoms with van der Waals surface area (Å²) in [5.74, 6) is -0.784. The molecule has 1 aliphatic rings. The molecule has 0 unspecified atom stereocenters. The maximum Gasteiger partial charge on any atom is 0.342 e. The van der Waals surface area contributed by atoms with E-state index in [0.717, 1.165) is 0 Å². The zero-order valence-electron chi connectivity index (χ0n) is 9.19. The van der Waals surface area contributed by atoms with Crippen LogP contribution in [0.15, 0.2) is 6.20 Å². The summed E-state index contributed by atoms with van der Waals surface area (Å²) in [6.07, 6.45) is 1.38. The van der Waals surface area contributed by atoms with Gasteiger partial charge in [-0.1, -0.05) is 0 Å². The molecular weight excluding hydrogens is 210 g/mol. The number of carbonyl (C=O) groups excluding carboxylic acids is 2. The Balaban J connectivity index is 2.37. The van der Waals surface area contributed by atoms with Gasteiger partial charge in [0.2, 0.25) is 0 Å². The highest BCUT2D eigenvalue weighted by atomic mass is 16.5. The van der Waals surface area contributed by atoms with Crippen LogP contribution in [0.5, 0.6) is 0 Å². The van der Waals surface area contributed by atoms with Gasteiger partial charge < -0.3 is 10.1 Å². The van der Waals surface area contributed by atoms with Crippen molar-refractivity contribution in [2.75, 3.05) is 6.61 Å². The van der Waals surface area contributed by atoms with Crippen molar-refractivity contribution in [1.82, 2.24) is 15.1 Å². The fraction of sp³-hybridized carbons (Fsp3) is 0.500. The molecule has 6 nitrogen and oxygen atoms in total. The molecule has 1 N–H and O–H groups in total. The van der Waals surface area contributed by atoms with Crippen molar-refractivity contribution < 1.29 is 14.3 Å². The predicted octanol–water partition coefficient (Wildman–Crippen LogP) is 0.192. The van der Waals surface area contributed by atoms with Crippen LogP contribution in [0.2, 0.25) is 0 Å². The fourth-order valence-corrected chi connectivity index (χ4v) is 1.72. The van der Waals surface area contributed by atoms with E-state index in [4.69, 9.17) is 4.74 Å². The van der Waals surface area contributed by atoms with Crippen molar-refractivity contribution in [3.05, 3.63) is 17.5 Å². The minimum Gasteiger partial charge on any atom is -0.462 e. The number of esters is 1. The summed E-state index contributed by atoms with van der Waals surface area (Å²) >= 11 is 0. The molecule has 0 aliphatic carbocycles. The average Bonchev–Trinajstić information content (AvgIpc) is 2.61. The number of amides is 1. The molecule has 1 aliphatic heterocycles. The molecule has 2 rings (SSSR count). The second-order valence-electron chi connectivity index (χ2n) is 3.68. The Hall–Kier alpha value is -1.85. The largest absolute Gasteiger partial charge is 0.462 e. The molecule has 0 saturated carbocycles. The standard InChI is InChI=1S/C10H13N3O3/c1-3-16-10(15)7-4-11-13-5-6(2)12-9(14)8(7)13/h4,6H,3,5H2,1-2H3,(H,12,14)/t6-/m0/s1. The summed E-state index contributed by atoms with van der Waals surface area (Å²) in [5.41, 5.74) is 0.516. The minimum atomic E-state index is -0.506. The van der Waals surface area contributed by atoms with E-state index in [2.05, 4.69) is 10.4 Å². The van der Waals surface area contributed by atoms with Crippen LogP contribution in [-0.4, -0.2) is 34.3 Å². The van der Waals surface area contributed by atoms with E-state index in [1.54, 1.807) is 6.92 Å². The molecule has 16 heavy (non-hydrogen) atoms. The Labute approximate surface area is 92.6 Å². The van der Waals surface area contributed by atoms with Crippen LogP contribution >= 0.6 is 0 Å². The van der Waals surface area contributed by atoms with Crippen molar-refractivity contribution in [3.63, 3.8) is 0 Å². The smallest absolute Gasteiger partial charge is 0.342 e. The van der Waals surface area contributed by atoms with Crippen molar-refractivity contribution in [2.45, 2.75) is 26.4 Å². The van der Waals surface area contributed by atoms with Crippen molar-refractivity contribution in [2.24, 2.45) is 0 Å². The van der Waals surface area contributed by atoms with E-state index >= 15 is 0 Å².